The van der Waals surface area contributed by atoms with Crippen LogP contribution in [0.3, 0.4) is 0 Å². The van der Waals surface area contributed by atoms with E-state index in [4.69, 9.17) is 14.6 Å². The molecule has 1 atom stereocenters. The Balaban J connectivity index is 2.01. The lowest BCUT2D eigenvalue weighted by atomic mass is 10.2. The second kappa shape index (κ2) is 5.99. The van der Waals surface area contributed by atoms with Crippen molar-refractivity contribution < 1.29 is 19.4 Å². The first kappa shape index (κ1) is 13.8. The van der Waals surface area contributed by atoms with Gasteiger partial charge < -0.3 is 19.5 Å². The average molecular weight is 266 g/mol. The van der Waals surface area contributed by atoms with Crippen molar-refractivity contribution in [3.05, 3.63) is 23.5 Å². The zero-order valence-corrected chi connectivity index (χ0v) is 11.1. The molecule has 0 spiro atoms. The van der Waals surface area contributed by atoms with Crippen LogP contribution in [0.5, 0.6) is 5.75 Å². The number of carbonyl (C=O) groups is 1. The fourth-order valence-corrected chi connectivity index (χ4v) is 1.96. The van der Waals surface area contributed by atoms with E-state index in [1.54, 1.807) is 19.1 Å². The quantitative estimate of drug-likeness (QED) is 0.869. The summed E-state index contributed by atoms with van der Waals surface area (Å²) in [5.74, 6) is -0.796. The summed E-state index contributed by atoms with van der Waals surface area (Å²) in [4.78, 5) is 17.2. The van der Waals surface area contributed by atoms with Gasteiger partial charge in [0.1, 0.15) is 12.7 Å². The number of pyridine rings is 1. The summed E-state index contributed by atoms with van der Waals surface area (Å²) in [6.07, 6.45) is -0.0401. The Bertz CT molecular complexity index is 464. The van der Waals surface area contributed by atoms with Gasteiger partial charge >= 0.3 is 5.97 Å². The highest BCUT2D eigenvalue weighted by molar-refractivity contribution is 5.88. The van der Waals surface area contributed by atoms with Gasteiger partial charge in [-0.25, -0.2) is 9.78 Å². The van der Waals surface area contributed by atoms with Gasteiger partial charge in [0.2, 0.25) is 0 Å². The third-order valence-electron chi connectivity index (χ3n) is 2.97. The number of hydrogen-bond acceptors (Lipinski definition) is 5. The molecule has 104 valence electrons. The minimum Gasteiger partial charge on any atom is -0.488 e. The van der Waals surface area contributed by atoms with E-state index in [1.807, 2.05) is 7.05 Å². The number of ether oxygens (including phenoxy) is 2. The summed E-state index contributed by atoms with van der Waals surface area (Å²) in [5, 5.41) is 9.09. The number of hydrogen-bond donors (Lipinski definition) is 1. The molecule has 6 heteroatoms. The maximum absolute atomic E-state index is 11.1. The second-order valence-electron chi connectivity index (χ2n) is 4.67. The second-order valence-corrected chi connectivity index (χ2v) is 4.67. The third-order valence-corrected chi connectivity index (χ3v) is 2.97. The van der Waals surface area contributed by atoms with Gasteiger partial charge in [-0.3, -0.25) is 0 Å². The molecular weight excluding hydrogens is 248 g/mol. The van der Waals surface area contributed by atoms with E-state index in [2.05, 4.69) is 9.88 Å². The van der Waals surface area contributed by atoms with Gasteiger partial charge in [0.15, 0.2) is 11.4 Å². The molecule has 1 N–H and O–H groups in total. The van der Waals surface area contributed by atoms with Crippen molar-refractivity contribution >= 4 is 5.97 Å². The fraction of sp³-hybridized carbons (Fsp3) is 0.538. The minimum atomic E-state index is -1.08. The van der Waals surface area contributed by atoms with E-state index >= 15 is 0 Å². The van der Waals surface area contributed by atoms with Gasteiger partial charge in [-0.15, -0.1) is 0 Å². The van der Waals surface area contributed by atoms with Crippen molar-refractivity contribution in [1.29, 1.82) is 0 Å². The minimum absolute atomic E-state index is 0.0401. The van der Waals surface area contributed by atoms with Crippen LogP contribution in [-0.2, 0) is 4.74 Å². The Labute approximate surface area is 112 Å². The zero-order valence-electron chi connectivity index (χ0n) is 11.1. The Kier molecular flexibility index (Phi) is 4.34. The van der Waals surface area contributed by atoms with Crippen LogP contribution in [0.15, 0.2) is 12.1 Å². The molecule has 0 aromatic carbocycles. The van der Waals surface area contributed by atoms with Crippen LogP contribution in [-0.4, -0.2) is 60.4 Å². The van der Waals surface area contributed by atoms with Crippen LogP contribution in [0.25, 0.3) is 0 Å². The largest absolute Gasteiger partial charge is 0.488 e. The molecule has 2 rings (SSSR count). The molecule has 0 aliphatic carbocycles. The molecule has 2 heterocycles. The monoisotopic (exact) mass is 266 g/mol. The Morgan fingerprint density at radius 2 is 2.42 bits per heavy atom. The molecule has 6 nitrogen and oxygen atoms in total. The maximum atomic E-state index is 11.1. The van der Waals surface area contributed by atoms with Crippen molar-refractivity contribution in [3.8, 4) is 5.75 Å². The van der Waals surface area contributed by atoms with Crippen molar-refractivity contribution in [1.82, 2.24) is 9.88 Å². The van der Waals surface area contributed by atoms with Crippen LogP contribution < -0.4 is 4.74 Å². The van der Waals surface area contributed by atoms with Crippen molar-refractivity contribution in [2.75, 3.05) is 33.4 Å². The average Bonchev–Trinajstić information content (AvgIpc) is 2.37. The third kappa shape index (κ3) is 3.65. The summed E-state index contributed by atoms with van der Waals surface area (Å²) in [6.45, 7) is 4.43. The van der Waals surface area contributed by atoms with Crippen LogP contribution in [0.1, 0.15) is 16.2 Å². The highest BCUT2D eigenvalue weighted by atomic mass is 16.5. The molecule has 1 aliphatic rings. The SMILES string of the molecule is Cc1ccc(OCC2CN(C)CCO2)c(C(=O)O)n1. The molecule has 1 aromatic heterocycles. The number of carboxylic acid groups (broad SMARTS) is 1. The molecule has 1 aliphatic heterocycles. The summed E-state index contributed by atoms with van der Waals surface area (Å²) >= 11 is 0. The van der Waals surface area contributed by atoms with E-state index in [0.29, 0.717) is 18.9 Å². The summed E-state index contributed by atoms with van der Waals surface area (Å²) in [7, 11) is 2.02. The van der Waals surface area contributed by atoms with Crippen molar-refractivity contribution in [2.45, 2.75) is 13.0 Å². The molecule has 0 saturated carbocycles. The molecule has 19 heavy (non-hydrogen) atoms. The van der Waals surface area contributed by atoms with Crippen LogP contribution in [0, 0.1) is 6.92 Å². The Morgan fingerprint density at radius 1 is 1.63 bits per heavy atom. The predicted octanol–water partition coefficient (Wildman–Crippen LogP) is 0.798. The van der Waals surface area contributed by atoms with E-state index in [9.17, 15) is 4.79 Å². The summed E-state index contributed by atoms with van der Waals surface area (Å²) in [5.41, 5.74) is 0.600. The number of aromatic carboxylic acids is 1. The van der Waals surface area contributed by atoms with E-state index in [1.165, 1.54) is 0 Å². The first-order chi connectivity index (χ1) is 9.06. The molecule has 1 saturated heterocycles. The van der Waals surface area contributed by atoms with E-state index in [0.717, 1.165) is 13.1 Å². The zero-order chi connectivity index (χ0) is 13.8. The van der Waals surface area contributed by atoms with Crippen molar-refractivity contribution in [2.24, 2.45) is 0 Å². The predicted molar refractivity (Wildman–Crippen MR) is 68.7 cm³/mol. The lowest BCUT2D eigenvalue weighted by molar-refractivity contribution is -0.0405. The highest BCUT2D eigenvalue weighted by Crippen LogP contribution is 2.18. The number of rotatable bonds is 4. The maximum Gasteiger partial charge on any atom is 0.358 e. The Morgan fingerprint density at radius 3 is 3.11 bits per heavy atom. The molecule has 1 aromatic rings. The molecule has 1 fully saturated rings. The standard InChI is InChI=1S/C13H18N2O4/c1-9-3-4-11(12(14-9)13(16)17)19-8-10-7-15(2)5-6-18-10/h3-4,10H,5-8H2,1-2H3,(H,16,17). The van der Waals surface area contributed by atoms with Crippen LogP contribution >= 0.6 is 0 Å². The first-order valence-corrected chi connectivity index (χ1v) is 6.20. The number of aryl methyl sites for hydroxylation is 1. The smallest absolute Gasteiger partial charge is 0.358 e. The highest BCUT2D eigenvalue weighted by Gasteiger charge is 2.20. The normalized spacial score (nSPS) is 20.2. The number of morpholine rings is 1. The van der Waals surface area contributed by atoms with Gasteiger partial charge in [0.05, 0.1) is 6.61 Å². The summed E-state index contributed by atoms with van der Waals surface area (Å²) < 4.78 is 11.1. The molecule has 0 amide bonds. The van der Waals surface area contributed by atoms with E-state index < -0.39 is 5.97 Å². The number of likely N-dealkylation sites (N-methyl/N-ethyl adjacent to an activating group) is 1. The van der Waals surface area contributed by atoms with Crippen LogP contribution in [0.2, 0.25) is 0 Å². The van der Waals surface area contributed by atoms with Gasteiger partial charge in [0, 0.05) is 18.8 Å². The number of nitrogens with zero attached hydrogens (tertiary/aromatic N) is 2. The fourth-order valence-electron chi connectivity index (χ4n) is 1.96. The molecule has 1 unspecified atom stereocenters. The van der Waals surface area contributed by atoms with Crippen LogP contribution in [0.4, 0.5) is 0 Å². The van der Waals surface area contributed by atoms with Gasteiger partial charge in [-0.1, -0.05) is 0 Å². The van der Waals surface area contributed by atoms with Crippen molar-refractivity contribution in [3.63, 3.8) is 0 Å². The lowest BCUT2D eigenvalue weighted by Gasteiger charge is -2.29. The first-order valence-electron chi connectivity index (χ1n) is 6.20. The molecule has 0 radical (unpaired) electrons. The topological polar surface area (TPSA) is 71.9 Å². The molecule has 0 bridgehead atoms. The summed E-state index contributed by atoms with van der Waals surface area (Å²) in [6, 6.07) is 3.37. The Hall–Kier alpha value is -1.66. The van der Waals surface area contributed by atoms with E-state index in [-0.39, 0.29) is 17.5 Å². The van der Waals surface area contributed by atoms with Gasteiger partial charge in [-0.2, -0.15) is 0 Å². The molecular formula is C13H18N2O4. The number of carboxylic acids is 1. The van der Waals surface area contributed by atoms with Gasteiger partial charge in [-0.05, 0) is 26.1 Å². The van der Waals surface area contributed by atoms with Gasteiger partial charge in [0.25, 0.3) is 0 Å². The number of aromatic nitrogens is 1. The lowest BCUT2D eigenvalue weighted by Crippen LogP contribution is -2.42.